The number of aryl methyl sites for hydroxylation is 1. The van der Waals surface area contributed by atoms with Crippen molar-refractivity contribution in [1.29, 1.82) is 0 Å². The van der Waals surface area contributed by atoms with Crippen LogP contribution in [0.1, 0.15) is 11.3 Å². The molecule has 0 aliphatic carbocycles. The molecule has 62 valence electrons. The van der Waals surface area contributed by atoms with Crippen LogP contribution in [0.5, 0.6) is 0 Å². The smallest absolute Gasteiger partial charge is 0.328 e. The van der Waals surface area contributed by atoms with Crippen molar-refractivity contribution in [2.24, 2.45) is 0 Å². The largest absolute Gasteiger partial charge is 0.478 e. The lowest BCUT2D eigenvalue weighted by molar-refractivity contribution is -0.131. The number of hydrogen-bond acceptors (Lipinski definition) is 2. The highest BCUT2D eigenvalue weighted by molar-refractivity contribution is 5.85. The van der Waals surface area contributed by atoms with Gasteiger partial charge in [0.15, 0.2) is 0 Å². The van der Waals surface area contributed by atoms with Crippen LogP contribution >= 0.6 is 0 Å². The van der Waals surface area contributed by atoms with Crippen molar-refractivity contribution in [2.75, 3.05) is 0 Å². The molecule has 0 aliphatic rings. The Bertz CT molecular complexity index is 318. The van der Waals surface area contributed by atoms with Crippen LogP contribution in [0.25, 0.3) is 6.08 Å². The second-order valence-electron chi connectivity index (χ2n) is 2.40. The molecule has 3 nitrogen and oxygen atoms in total. The molecule has 1 aromatic heterocycles. The van der Waals surface area contributed by atoms with Crippen LogP contribution in [0, 0.1) is 6.92 Å². The van der Waals surface area contributed by atoms with Gasteiger partial charge in [-0.05, 0) is 30.7 Å². The van der Waals surface area contributed by atoms with Crippen LogP contribution in [0.15, 0.2) is 24.4 Å². The lowest BCUT2D eigenvalue weighted by Gasteiger charge is -1.92. The van der Waals surface area contributed by atoms with Crippen LogP contribution in [0.3, 0.4) is 0 Å². The molecule has 0 amide bonds. The van der Waals surface area contributed by atoms with Gasteiger partial charge >= 0.3 is 5.97 Å². The fourth-order valence-corrected chi connectivity index (χ4v) is 0.839. The second-order valence-corrected chi connectivity index (χ2v) is 2.40. The first-order valence-corrected chi connectivity index (χ1v) is 3.52. The van der Waals surface area contributed by atoms with E-state index in [1.165, 1.54) is 6.08 Å². The maximum Gasteiger partial charge on any atom is 0.328 e. The first-order chi connectivity index (χ1) is 5.68. The average Bonchev–Trinajstić information content (AvgIpc) is 2.01. The molecule has 0 fully saturated rings. The second kappa shape index (κ2) is 3.67. The Morgan fingerprint density at radius 2 is 2.42 bits per heavy atom. The highest BCUT2D eigenvalue weighted by Gasteiger charge is 1.89. The van der Waals surface area contributed by atoms with E-state index in [1.54, 1.807) is 12.3 Å². The first kappa shape index (κ1) is 8.46. The Hall–Kier alpha value is -1.64. The minimum absolute atomic E-state index is 0.852. The molecule has 0 radical (unpaired) electrons. The predicted molar refractivity (Wildman–Crippen MR) is 45.6 cm³/mol. The molecule has 0 unspecified atom stereocenters. The van der Waals surface area contributed by atoms with E-state index in [-0.39, 0.29) is 0 Å². The van der Waals surface area contributed by atoms with Gasteiger partial charge in [0, 0.05) is 18.0 Å². The molecule has 0 atom stereocenters. The van der Waals surface area contributed by atoms with Gasteiger partial charge in [0.2, 0.25) is 0 Å². The number of carboxylic acid groups (broad SMARTS) is 1. The number of nitrogens with zero attached hydrogens (tertiary/aromatic N) is 1. The third kappa shape index (κ3) is 2.54. The third-order valence-corrected chi connectivity index (χ3v) is 1.34. The van der Waals surface area contributed by atoms with E-state index in [0.29, 0.717) is 0 Å². The Morgan fingerprint density at radius 1 is 1.67 bits per heavy atom. The van der Waals surface area contributed by atoms with Gasteiger partial charge in [-0.3, -0.25) is 4.98 Å². The molecule has 1 N–H and O–H groups in total. The topological polar surface area (TPSA) is 50.2 Å². The fourth-order valence-electron chi connectivity index (χ4n) is 0.839. The Labute approximate surface area is 70.4 Å². The number of aromatic nitrogens is 1. The van der Waals surface area contributed by atoms with Gasteiger partial charge in [0.05, 0.1) is 0 Å². The molecule has 1 aromatic rings. The van der Waals surface area contributed by atoms with Gasteiger partial charge in [-0.1, -0.05) is 0 Å². The summed E-state index contributed by atoms with van der Waals surface area (Å²) in [4.78, 5) is 14.1. The van der Waals surface area contributed by atoms with Crippen molar-refractivity contribution in [2.45, 2.75) is 6.92 Å². The summed E-state index contributed by atoms with van der Waals surface area (Å²) in [6, 6.07) is 3.58. The maximum atomic E-state index is 10.2. The molecule has 12 heavy (non-hydrogen) atoms. The van der Waals surface area contributed by atoms with Crippen molar-refractivity contribution in [3.8, 4) is 0 Å². The Balaban J connectivity index is 2.83. The van der Waals surface area contributed by atoms with Crippen LogP contribution in [-0.4, -0.2) is 16.1 Å². The molecule has 0 bridgehead atoms. The quantitative estimate of drug-likeness (QED) is 0.672. The van der Waals surface area contributed by atoms with Crippen molar-refractivity contribution >= 4 is 12.0 Å². The van der Waals surface area contributed by atoms with E-state index in [1.807, 2.05) is 13.0 Å². The van der Waals surface area contributed by atoms with Gasteiger partial charge in [-0.15, -0.1) is 0 Å². The Kier molecular flexibility index (Phi) is 2.58. The average molecular weight is 163 g/mol. The molecular weight excluding hydrogens is 154 g/mol. The summed E-state index contributed by atoms with van der Waals surface area (Å²) >= 11 is 0. The summed E-state index contributed by atoms with van der Waals surface area (Å²) in [5.41, 5.74) is 1.73. The fraction of sp³-hybridized carbons (Fsp3) is 0.111. The van der Waals surface area contributed by atoms with Crippen LogP contribution < -0.4 is 0 Å². The van der Waals surface area contributed by atoms with Crippen molar-refractivity contribution in [3.05, 3.63) is 35.7 Å². The van der Waals surface area contributed by atoms with E-state index >= 15 is 0 Å². The molecule has 0 aromatic carbocycles. The molecular formula is C9H9NO2. The van der Waals surface area contributed by atoms with E-state index < -0.39 is 5.97 Å². The van der Waals surface area contributed by atoms with Crippen LogP contribution in [-0.2, 0) is 4.79 Å². The summed E-state index contributed by atoms with van der Waals surface area (Å²) < 4.78 is 0. The number of hydrogen-bond donors (Lipinski definition) is 1. The van der Waals surface area contributed by atoms with Gasteiger partial charge in [-0.2, -0.15) is 0 Å². The number of rotatable bonds is 2. The normalized spacial score (nSPS) is 10.4. The zero-order valence-corrected chi connectivity index (χ0v) is 6.69. The highest BCUT2D eigenvalue weighted by atomic mass is 16.4. The van der Waals surface area contributed by atoms with E-state index in [9.17, 15) is 4.79 Å². The highest BCUT2D eigenvalue weighted by Crippen LogP contribution is 2.02. The number of carboxylic acids is 1. The first-order valence-electron chi connectivity index (χ1n) is 3.52. The van der Waals surface area contributed by atoms with Gasteiger partial charge in [0.25, 0.3) is 0 Å². The van der Waals surface area contributed by atoms with Crippen LogP contribution in [0.4, 0.5) is 0 Å². The van der Waals surface area contributed by atoms with Crippen molar-refractivity contribution in [3.63, 3.8) is 0 Å². The van der Waals surface area contributed by atoms with Gasteiger partial charge in [-0.25, -0.2) is 4.79 Å². The van der Waals surface area contributed by atoms with Crippen molar-refractivity contribution in [1.82, 2.24) is 4.98 Å². The number of carbonyl (C=O) groups is 1. The Morgan fingerprint density at radius 3 is 3.00 bits per heavy atom. The van der Waals surface area contributed by atoms with Gasteiger partial charge < -0.3 is 5.11 Å². The molecule has 1 heterocycles. The molecule has 0 saturated heterocycles. The van der Waals surface area contributed by atoms with E-state index in [4.69, 9.17) is 5.11 Å². The molecule has 0 saturated carbocycles. The zero-order chi connectivity index (χ0) is 8.97. The van der Waals surface area contributed by atoms with Gasteiger partial charge in [0.1, 0.15) is 0 Å². The summed E-state index contributed by atoms with van der Waals surface area (Å²) in [5.74, 6) is -0.940. The molecule has 0 aliphatic heterocycles. The lowest BCUT2D eigenvalue weighted by atomic mass is 10.2. The molecule has 1 rings (SSSR count). The number of aliphatic carboxylic acids is 1. The monoisotopic (exact) mass is 163 g/mol. The standard InChI is InChI=1S/C9H9NO2/c1-7-6-8(4-5-10-7)2-3-9(11)12/h2-6H,1H3,(H,11,12)/b3-2+. The van der Waals surface area contributed by atoms with Crippen molar-refractivity contribution < 1.29 is 9.90 Å². The van der Waals surface area contributed by atoms with E-state index in [0.717, 1.165) is 17.3 Å². The minimum atomic E-state index is -0.940. The zero-order valence-electron chi connectivity index (χ0n) is 6.69. The SMILES string of the molecule is Cc1cc(/C=C/C(=O)O)ccn1. The molecule has 3 heteroatoms. The van der Waals surface area contributed by atoms with E-state index in [2.05, 4.69) is 4.98 Å². The van der Waals surface area contributed by atoms with Crippen LogP contribution in [0.2, 0.25) is 0 Å². The minimum Gasteiger partial charge on any atom is -0.478 e. The number of pyridine rings is 1. The summed E-state index contributed by atoms with van der Waals surface area (Å²) in [5, 5.41) is 8.34. The summed E-state index contributed by atoms with van der Waals surface area (Å²) in [7, 11) is 0. The third-order valence-electron chi connectivity index (χ3n) is 1.34. The molecule has 0 spiro atoms. The lowest BCUT2D eigenvalue weighted by Crippen LogP contribution is -1.86. The maximum absolute atomic E-state index is 10.2. The predicted octanol–water partition coefficient (Wildman–Crippen LogP) is 1.49. The summed E-state index contributed by atoms with van der Waals surface area (Å²) in [6.45, 7) is 1.86. The summed E-state index contributed by atoms with van der Waals surface area (Å²) in [6.07, 6.45) is 4.29.